The number of carbonyl (C=O) groups excluding carboxylic acids is 1. The van der Waals surface area contributed by atoms with E-state index in [1.165, 1.54) is 6.07 Å². The first kappa shape index (κ1) is 29.2. The van der Waals surface area contributed by atoms with Gasteiger partial charge in [0.05, 0.1) is 19.2 Å². The number of aromatic nitrogens is 2. The fourth-order valence-electron chi connectivity index (χ4n) is 5.36. The van der Waals surface area contributed by atoms with Crippen LogP contribution in [0.25, 0.3) is 0 Å². The minimum Gasteiger partial charge on any atom is -0.493 e. The van der Waals surface area contributed by atoms with Crippen LogP contribution in [0.15, 0.2) is 22.7 Å². The van der Waals surface area contributed by atoms with Crippen LogP contribution in [-0.4, -0.2) is 65.7 Å². The van der Waals surface area contributed by atoms with Crippen molar-refractivity contribution in [1.29, 1.82) is 0 Å². The highest BCUT2D eigenvalue weighted by atomic mass is 19.3. The number of alkyl halides is 2. The Balaban J connectivity index is 1.22. The molecule has 2 aliphatic rings. The van der Waals surface area contributed by atoms with Crippen LogP contribution >= 0.6 is 0 Å². The lowest BCUT2D eigenvalue weighted by Gasteiger charge is -2.33. The molecule has 2 saturated heterocycles. The molecule has 3 heterocycles. The van der Waals surface area contributed by atoms with Crippen LogP contribution in [0.2, 0.25) is 0 Å². The van der Waals surface area contributed by atoms with Crippen molar-refractivity contribution in [2.45, 2.75) is 77.2 Å². The van der Waals surface area contributed by atoms with Crippen molar-refractivity contribution >= 4 is 11.9 Å². The maximum atomic E-state index is 14.9. The number of hydrogen-bond donors (Lipinski definition) is 1. The first-order valence-electron chi connectivity index (χ1n) is 13.9. The molecule has 216 valence electrons. The van der Waals surface area contributed by atoms with Crippen LogP contribution in [0, 0.1) is 17.7 Å². The maximum absolute atomic E-state index is 14.9. The van der Waals surface area contributed by atoms with E-state index >= 15 is 0 Å². The lowest BCUT2D eigenvalue weighted by Crippen LogP contribution is -2.46. The van der Waals surface area contributed by atoms with Crippen molar-refractivity contribution in [3.05, 3.63) is 35.4 Å². The van der Waals surface area contributed by atoms with Gasteiger partial charge in [-0.3, -0.25) is 4.79 Å². The summed E-state index contributed by atoms with van der Waals surface area (Å²) in [6, 6.07) is 4.00. The molecule has 3 atom stereocenters. The number of anilines is 1. The Bertz CT molecular complexity index is 1120. The summed E-state index contributed by atoms with van der Waals surface area (Å²) < 4.78 is 53.2. The van der Waals surface area contributed by atoms with E-state index in [4.69, 9.17) is 15.0 Å². The van der Waals surface area contributed by atoms with Gasteiger partial charge >= 0.3 is 6.01 Å². The molecule has 1 amide bonds. The first-order chi connectivity index (χ1) is 18.4. The predicted molar refractivity (Wildman–Crippen MR) is 142 cm³/mol. The van der Waals surface area contributed by atoms with Gasteiger partial charge in [0, 0.05) is 44.0 Å². The van der Waals surface area contributed by atoms with Gasteiger partial charge in [-0.2, -0.15) is 4.98 Å². The van der Waals surface area contributed by atoms with E-state index < -0.39 is 36.2 Å². The second-order valence-corrected chi connectivity index (χ2v) is 11.4. The summed E-state index contributed by atoms with van der Waals surface area (Å²) >= 11 is 0. The van der Waals surface area contributed by atoms with Crippen molar-refractivity contribution in [2.24, 2.45) is 17.6 Å². The minimum absolute atomic E-state index is 0.0448. The van der Waals surface area contributed by atoms with E-state index in [2.05, 4.69) is 22.0 Å². The van der Waals surface area contributed by atoms with Gasteiger partial charge in [0.15, 0.2) is 5.82 Å². The van der Waals surface area contributed by atoms with Gasteiger partial charge in [-0.05, 0) is 42.7 Å². The van der Waals surface area contributed by atoms with Gasteiger partial charge in [-0.1, -0.05) is 38.9 Å². The minimum atomic E-state index is -2.90. The molecule has 0 aliphatic carbocycles. The average molecular weight is 552 g/mol. The number of benzene rings is 1. The van der Waals surface area contributed by atoms with Gasteiger partial charge in [0.25, 0.3) is 5.92 Å². The van der Waals surface area contributed by atoms with Crippen LogP contribution in [-0.2, 0) is 4.79 Å². The van der Waals surface area contributed by atoms with E-state index in [1.807, 2.05) is 13.8 Å². The predicted octanol–water partition coefficient (Wildman–Crippen LogP) is 4.95. The molecule has 2 N–H and O–H groups in total. The normalized spacial score (nSPS) is 20.3. The summed E-state index contributed by atoms with van der Waals surface area (Å²) in [4.78, 5) is 20.3. The third kappa shape index (κ3) is 7.04. The lowest BCUT2D eigenvalue weighted by molar-refractivity contribution is -0.133. The van der Waals surface area contributed by atoms with Gasteiger partial charge in [0.1, 0.15) is 11.6 Å². The molecule has 2 aliphatic heterocycles. The van der Waals surface area contributed by atoms with E-state index in [1.54, 1.807) is 19.1 Å². The third-order valence-corrected chi connectivity index (χ3v) is 8.17. The number of likely N-dealkylation sites (tertiary alicyclic amines) is 1. The van der Waals surface area contributed by atoms with Gasteiger partial charge in [0.2, 0.25) is 5.91 Å². The zero-order valence-corrected chi connectivity index (χ0v) is 23.2. The van der Waals surface area contributed by atoms with Gasteiger partial charge < -0.3 is 24.8 Å². The lowest BCUT2D eigenvalue weighted by atomic mass is 9.84. The maximum Gasteiger partial charge on any atom is 0.324 e. The summed E-state index contributed by atoms with van der Waals surface area (Å²) in [6.45, 7) is 9.42. The Hall–Kier alpha value is -2.82. The monoisotopic (exact) mass is 551 g/mol. The first-order valence-corrected chi connectivity index (χ1v) is 13.9. The summed E-state index contributed by atoms with van der Waals surface area (Å²) in [5, 5.41) is 4.05. The van der Waals surface area contributed by atoms with Crippen LogP contribution in [0.5, 0.6) is 5.75 Å². The van der Waals surface area contributed by atoms with E-state index in [-0.39, 0.29) is 24.4 Å². The number of piperidine rings is 1. The number of nitrogens with zero attached hydrogens (tertiary/aromatic N) is 4. The van der Waals surface area contributed by atoms with Gasteiger partial charge in [-0.25, -0.2) is 13.2 Å². The van der Waals surface area contributed by atoms with E-state index in [0.29, 0.717) is 30.2 Å². The number of rotatable bonds is 10. The average Bonchev–Trinajstić information content (AvgIpc) is 3.54. The van der Waals surface area contributed by atoms with Crippen molar-refractivity contribution in [1.82, 2.24) is 15.0 Å². The number of amides is 1. The summed E-state index contributed by atoms with van der Waals surface area (Å²) in [7, 11) is 0. The Morgan fingerprint density at radius 3 is 2.51 bits per heavy atom. The van der Waals surface area contributed by atoms with Gasteiger partial charge in [-0.15, -0.1) is 0 Å². The second-order valence-electron chi connectivity index (χ2n) is 11.4. The number of nitrogens with two attached hydrogens (primary N) is 1. The fraction of sp³-hybridized carbons (Fsp3) is 0.679. The molecule has 11 heteroatoms. The quantitative estimate of drug-likeness (QED) is 0.446. The third-order valence-electron chi connectivity index (χ3n) is 8.17. The van der Waals surface area contributed by atoms with Crippen molar-refractivity contribution in [2.75, 3.05) is 37.7 Å². The molecule has 8 nitrogen and oxygen atoms in total. The molecular formula is C28H40F3N5O3. The van der Waals surface area contributed by atoms with Crippen molar-refractivity contribution in [3.63, 3.8) is 0 Å². The van der Waals surface area contributed by atoms with Crippen molar-refractivity contribution in [3.8, 4) is 5.75 Å². The highest BCUT2D eigenvalue weighted by molar-refractivity contribution is 5.83. The smallest absolute Gasteiger partial charge is 0.324 e. The number of hydrogen-bond acceptors (Lipinski definition) is 7. The van der Waals surface area contributed by atoms with Crippen LogP contribution in [0.1, 0.15) is 76.6 Å². The molecule has 2 aromatic rings. The molecule has 2 fully saturated rings. The topological polar surface area (TPSA) is 97.7 Å². The molecule has 0 bridgehead atoms. The second kappa shape index (κ2) is 12.1. The Morgan fingerprint density at radius 1 is 1.21 bits per heavy atom. The Morgan fingerprint density at radius 2 is 1.92 bits per heavy atom. The Kier molecular flexibility index (Phi) is 9.08. The molecule has 0 radical (unpaired) electrons. The van der Waals surface area contributed by atoms with Crippen LogP contribution < -0.4 is 15.4 Å². The summed E-state index contributed by atoms with van der Waals surface area (Å²) in [6.07, 6.45) is 2.51. The van der Waals surface area contributed by atoms with Crippen molar-refractivity contribution < 1.29 is 27.2 Å². The molecule has 1 aromatic heterocycles. The highest BCUT2D eigenvalue weighted by Gasteiger charge is 2.42. The van der Waals surface area contributed by atoms with Crippen LogP contribution in [0.4, 0.5) is 19.2 Å². The highest BCUT2D eigenvalue weighted by Crippen LogP contribution is 2.32. The summed E-state index contributed by atoms with van der Waals surface area (Å²) in [5.41, 5.74) is 6.32. The molecule has 0 unspecified atom stereocenters. The molecule has 0 saturated carbocycles. The molecule has 39 heavy (non-hydrogen) atoms. The number of carbonyl (C=O) groups is 1. The van der Waals surface area contributed by atoms with Crippen LogP contribution in [0.3, 0.4) is 0 Å². The molecular weight excluding hydrogens is 511 g/mol. The summed E-state index contributed by atoms with van der Waals surface area (Å²) in [5.74, 6) is -2.34. The largest absolute Gasteiger partial charge is 0.493 e. The fourth-order valence-corrected chi connectivity index (χ4v) is 5.36. The Labute approximate surface area is 228 Å². The standard InChI is InChI=1S/C28H40F3N5O3/c1-17(2)25-33-27(39-34-25)35-11-7-20(8-12-35)18(3)9-14-38-21-5-6-22(23(29)15-21)19(4)24(32)26(37)36-13-10-28(30,31)16-36/h5-6,15,17-20,24H,7-14,16,32H2,1-4H3/t18-,19+,24+/m1/s1. The number of ether oxygens (including phenoxy) is 1. The zero-order valence-electron chi connectivity index (χ0n) is 23.2. The zero-order chi connectivity index (χ0) is 28.3. The SMILES string of the molecule is CC(C)c1noc(N2CCC([C@H](C)CCOc3ccc([C@H](C)[C@H](N)C(=O)N4CCC(F)(F)C4)c(F)c3)CC2)n1. The number of halogens is 3. The molecule has 0 spiro atoms. The molecule has 1 aromatic carbocycles. The molecule has 4 rings (SSSR count). The van der Waals surface area contributed by atoms with E-state index in [9.17, 15) is 18.0 Å². The van der Waals surface area contributed by atoms with E-state index in [0.717, 1.165) is 43.1 Å².